The minimum absolute atomic E-state index is 0.0184. The Kier molecular flexibility index (Phi) is 5.45. The normalized spacial score (nSPS) is 15.6. The van der Waals surface area contributed by atoms with Crippen molar-refractivity contribution in [3.8, 4) is 17.2 Å². The van der Waals surface area contributed by atoms with Gasteiger partial charge in [-0.15, -0.1) is 0 Å². The Morgan fingerprint density at radius 3 is 2.26 bits per heavy atom. The van der Waals surface area contributed by atoms with Gasteiger partial charge in [0.05, 0.1) is 31.9 Å². The summed E-state index contributed by atoms with van der Waals surface area (Å²) in [7, 11) is 6.06. The lowest BCUT2D eigenvalue weighted by Crippen LogP contribution is -2.35. The molecule has 31 heavy (non-hydrogen) atoms. The third kappa shape index (κ3) is 3.34. The summed E-state index contributed by atoms with van der Waals surface area (Å²) in [6, 6.07) is 9.62. The number of halogens is 1. The Morgan fingerprint density at radius 2 is 1.68 bits per heavy atom. The Hall–Kier alpha value is -3.33. The maximum atomic E-state index is 14.6. The first kappa shape index (κ1) is 20.9. The third-order valence-corrected chi connectivity index (χ3v) is 6.49. The van der Waals surface area contributed by atoms with Gasteiger partial charge in [-0.3, -0.25) is 19.1 Å². The first-order chi connectivity index (χ1) is 14.9. The van der Waals surface area contributed by atoms with E-state index in [2.05, 4.69) is 0 Å². The van der Waals surface area contributed by atoms with Gasteiger partial charge in [0.2, 0.25) is 11.7 Å². The van der Waals surface area contributed by atoms with E-state index >= 15 is 0 Å². The van der Waals surface area contributed by atoms with Gasteiger partial charge in [0.15, 0.2) is 11.5 Å². The molecule has 9 heteroatoms. The standard InChI is InChI=1S/C22H21FN2O5S/c1-24-21-20(31-22(24)27)14(13-7-5-6-8-15(13)23)11-18(26)25(21)12-9-16(28-2)19(30-4)17(10-12)29-3/h5-10,14H,11H2,1-4H3/t14-/m0/s1. The third-order valence-electron chi connectivity index (χ3n) is 5.35. The first-order valence-corrected chi connectivity index (χ1v) is 10.3. The number of fused-ring (bicyclic) bond motifs is 1. The summed E-state index contributed by atoms with van der Waals surface area (Å²) in [6.07, 6.45) is 0.0184. The van der Waals surface area contributed by atoms with Crippen LogP contribution in [0, 0.1) is 5.82 Å². The number of hydrogen-bond acceptors (Lipinski definition) is 6. The molecule has 1 atom stereocenters. The molecule has 162 valence electrons. The van der Waals surface area contributed by atoms with Crippen molar-refractivity contribution in [3.63, 3.8) is 0 Å². The van der Waals surface area contributed by atoms with Gasteiger partial charge in [0.25, 0.3) is 0 Å². The number of carbonyl (C=O) groups excluding carboxylic acids is 1. The summed E-state index contributed by atoms with van der Waals surface area (Å²) in [5, 5.41) is 0. The molecule has 3 aromatic rings. The van der Waals surface area contributed by atoms with Crippen LogP contribution in [0.4, 0.5) is 15.9 Å². The topological polar surface area (TPSA) is 70.0 Å². The number of benzene rings is 2. The summed E-state index contributed by atoms with van der Waals surface area (Å²) in [5.74, 6) is 0.335. The van der Waals surface area contributed by atoms with Gasteiger partial charge in [-0.05, 0) is 11.6 Å². The van der Waals surface area contributed by atoms with Crippen molar-refractivity contribution in [2.24, 2.45) is 7.05 Å². The van der Waals surface area contributed by atoms with E-state index in [9.17, 15) is 14.0 Å². The van der Waals surface area contributed by atoms with E-state index in [1.165, 1.54) is 36.9 Å². The summed E-state index contributed by atoms with van der Waals surface area (Å²) in [4.78, 5) is 27.8. The number of carbonyl (C=O) groups is 1. The van der Waals surface area contributed by atoms with Crippen molar-refractivity contribution in [2.45, 2.75) is 12.3 Å². The second kappa shape index (κ2) is 8.07. The smallest absolute Gasteiger partial charge is 0.308 e. The molecule has 1 aliphatic rings. The predicted octanol–water partition coefficient (Wildman–Crippen LogP) is 3.81. The van der Waals surface area contributed by atoms with Gasteiger partial charge < -0.3 is 14.2 Å². The van der Waals surface area contributed by atoms with Crippen LogP contribution in [0.3, 0.4) is 0 Å². The summed E-state index contributed by atoms with van der Waals surface area (Å²) < 4.78 is 32.2. The highest BCUT2D eigenvalue weighted by atomic mass is 32.1. The lowest BCUT2D eigenvalue weighted by atomic mass is 9.90. The molecule has 0 radical (unpaired) electrons. The van der Waals surface area contributed by atoms with Crippen LogP contribution in [-0.4, -0.2) is 31.8 Å². The fourth-order valence-corrected chi connectivity index (χ4v) is 4.98. The van der Waals surface area contributed by atoms with E-state index < -0.39 is 11.7 Å². The Balaban J connectivity index is 1.93. The number of methoxy groups -OCH3 is 3. The molecule has 7 nitrogen and oxygen atoms in total. The fraction of sp³-hybridized carbons (Fsp3) is 0.273. The summed E-state index contributed by atoms with van der Waals surface area (Å²) >= 11 is 1.02. The van der Waals surface area contributed by atoms with Gasteiger partial charge in [-0.1, -0.05) is 29.5 Å². The van der Waals surface area contributed by atoms with Gasteiger partial charge in [0, 0.05) is 31.5 Å². The molecule has 2 aromatic carbocycles. The van der Waals surface area contributed by atoms with Gasteiger partial charge in [0.1, 0.15) is 11.6 Å². The molecule has 0 saturated heterocycles. The van der Waals surface area contributed by atoms with Crippen LogP contribution in [0.2, 0.25) is 0 Å². The van der Waals surface area contributed by atoms with Gasteiger partial charge >= 0.3 is 4.87 Å². The van der Waals surface area contributed by atoms with E-state index in [1.54, 1.807) is 37.4 Å². The average molecular weight is 444 g/mol. The predicted molar refractivity (Wildman–Crippen MR) is 116 cm³/mol. The maximum Gasteiger partial charge on any atom is 0.308 e. The lowest BCUT2D eigenvalue weighted by molar-refractivity contribution is -0.118. The second-order valence-electron chi connectivity index (χ2n) is 7.01. The molecule has 1 amide bonds. The van der Waals surface area contributed by atoms with Gasteiger partial charge in [-0.2, -0.15) is 0 Å². The molecular formula is C22H21FN2O5S. The summed E-state index contributed by atoms with van der Waals surface area (Å²) in [5.41, 5.74) is 0.852. The van der Waals surface area contributed by atoms with Crippen LogP contribution in [0.1, 0.15) is 22.8 Å². The minimum atomic E-state index is -0.541. The van der Waals surface area contributed by atoms with Crippen molar-refractivity contribution in [2.75, 3.05) is 26.2 Å². The average Bonchev–Trinajstić information content (AvgIpc) is 3.07. The molecule has 0 saturated carbocycles. The molecule has 2 heterocycles. The number of ether oxygens (including phenoxy) is 3. The van der Waals surface area contributed by atoms with Crippen LogP contribution in [0.5, 0.6) is 17.2 Å². The number of aromatic nitrogens is 1. The zero-order chi connectivity index (χ0) is 22.3. The maximum absolute atomic E-state index is 14.6. The largest absolute Gasteiger partial charge is 0.493 e. The van der Waals surface area contributed by atoms with Crippen molar-refractivity contribution >= 4 is 28.7 Å². The molecule has 4 rings (SSSR count). The lowest BCUT2D eigenvalue weighted by Gasteiger charge is -2.32. The molecule has 0 bridgehead atoms. The molecule has 0 aliphatic carbocycles. The summed E-state index contributed by atoms with van der Waals surface area (Å²) in [6.45, 7) is 0. The van der Waals surface area contributed by atoms with E-state index in [0.717, 1.165) is 11.3 Å². The molecule has 1 aromatic heterocycles. The molecule has 1 aliphatic heterocycles. The van der Waals surface area contributed by atoms with Crippen LogP contribution in [-0.2, 0) is 11.8 Å². The van der Waals surface area contributed by atoms with Crippen LogP contribution in [0.25, 0.3) is 0 Å². The number of thiazole rings is 1. The Bertz CT molecular complexity index is 1190. The van der Waals surface area contributed by atoms with Crippen molar-refractivity contribution < 1.29 is 23.4 Å². The van der Waals surface area contributed by atoms with Crippen molar-refractivity contribution in [1.29, 1.82) is 0 Å². The van der Waals surface area contributed by atoms with Crippen molar-refractivity contribution in [1.82, 2.24) is 4.57 Å². The molecular weight excluding hydrogens is 423 g/mol. The quantitative estimate of drug-likeness (QED) is 0.599. The van der Waals surface area contributed by atoms with Crippen LogP contribution in [0.15, 0.2) is 41.2 Å². The number of rotatable bonds is 5. The second-order valence-corrected chi connectivity index (χ2v) is 8.00. The zero-order valence-corrected chi connectivity index (χ0v) is 18.3. The Labute approximate surface area is 182 Å². The monoisotopic (exact) mass is 444 g/mol. The SMILES string of the molecule is COc1cc(N2C(=O)C[C@@H](c3ccccc3F)c3sc(=O)n(C)c32)cc(OC)c1OC. The highest BCUT2D eigenvalue weighted by molar-refractivity contribution is 7.10. The van der Waals surface area contributed by atoms with E-state index in [0.29, 0.717) is 39.2 Å². The van der Waals surface area contributed by atoms with Crippen LogP contribution >= 0.6 is 11.3 Å². The number of hydrogen-bond donors (Lipinski definition) is 0. The number of amides is 1. The Morgan fingerprint density at radius 1 is 1.03 bits per heavy atom. The minimum Gasteiger partial charge on any atom is -0.493 e. The fourth-order valence-electron chi connectivity index (χ4n) is 3.90. The van der Waals surface area contributed by atoms with Crippen LogP contribution < -0.4 is 24.0 Å². The zero-order valence-electron chi connectivity index (χ0n) is 17.5. The molecule has 0 fully saturated rings. The first-order valence-electron chi connectivity index (χ1n) is 9.48. The number of anilines is 2. The molecule has 0 unspecified atom stereocenters. The molecule has 0 spiro atoms. The highest BCUT2D eigenvalue weighted by Gasteiger charge is 2.39. The van der Waals surface area contributed by atoms with E-state index in [4.69, 9.17) is 14.2 Å². The van der Waals surface area contributed by atoms with E-state index in [-0.39, 0.29) is 17.2 Å². The highest BCUT2D eigenvalue weighted by Crippen LogP contribution is 2.48. The van der Waals surface area contributed by atoms with Crippen molar-refractivity contribution in [3.05, 3.63) is 62.3 Å². The van der Waals surface area contributed by atoms with E-state index in [1.807, 2.05) is 0 Å². The van der Waals surface area contributed by atoms with Gasteiger partial charge in [-0.25, -0.2) is 4.39 Å². The number of nitrogens with zero attached hydrogens (tertiary/aromatic N) is 2. The molecule has 0 N–H and O–H groups in total.